The fourth-order valence-electron chi connectivity index (χ4n) is 1.93. The quantitative estimate of drug-likeness (QED) is 0.272. The molecule has 8 nitrogen and oxygen atoms in total. The number of carboxylic acid groups (broad SMARTS) is 1. The second kappa shape index (κ2) is 8.90. The van der Waals surface area contributed by atoms with E-state index in [1.54, 1.807) is 36.4 Å². The highest BCUT2D eigenvalue weighted by atomic mass is 16.5. The molecule has 2 rings (SSSR count). The Morgan fingerprint density at radius 2 is 1.69 bits per heavy atom. The molecule has 8 heteroatoms. The first kappa shape index (κ1) is 18.6. The number of hydrogen-bond acceptors (Lipinski definition) is 5. The van der Waals surface area contributed by atoms with Crippen LogP contribution in [0.4, 0.5) is 0 Å². The van der Waals surface area contributed by atoms with E-state index in [4.69, 9.17) is 10.3 Å². The highest BCUT2D eigenvalue weighted by Crippen LogP contribution is 2.07. The normalized spacial score (nSPS) is 10.8. The van der Waals surface area contributed by atoms with E-state index < -0.39 is 17.8 Å². The standard InChI is InChI=1S/C18H15N3O5/c22-16(21-26)9-6-12-2-1-3-15(10-12)17(23)20-19-11-13-4-7-14(8-5-13)18(24)25/h1-11,26H,(H,20,23)(H,21,22)(H,24,25)/b9-6+,19-11+. The van der Waals surface area contributed by atoms with Gasteiger partial charge in [0.25, 0.3) is 11.8 Å². The molecule has 26 heavy (non-hydrogen) atoms. The van der Waals surface area contributed by atoms with Gasteiger partial charge in [-0.15, -0.1) is 0 Å². The van der Waals surface area contributed by atoms with Crippen molar-refractivity contribution in [2.75, 3.05) is 0 Å². The molecule has 0 aliphatic carbocycles. The second-order valence-electron chi connectivity index (χ2n) is 5.06. The summed E-state index contributed by atoms with van der Waals surface area (Å²) < 4.78 is 0. The molecule has 4 N–H and O–H groups in total. The lowest BCUT2D eigenvalue weighted by Crippen LogP contribution is -2.17. The summed E-state index contributed by atoms with van der Waals surface area (Å²) in [4.78, 5) is 33.8. The molecule has 0 radical (unpaired) electrons. The van der Waals surface area contributed by atoms with Gasteiger partial charge in [0.1, 0.15) is 0 Å². The van der Waals surface area contributed by atoms with Gasteiger partial charge in [-0.25, -0.2) is 15.7 Å². The van der Waals surface area contributed by atoms with Gasteiger partial charge in [-0.05, 0) is 41.5 Å². The number of hydrazone groups is 1. The van der Waals surface area contributed by atoms with Crippen LogP contribution in [0.15, 0.2) is 59.7 Å². The van der Waals surface area contributed by atoms with E-state index in [0.717, 1.165) is 6.08 Å². The summed E-state index contributed by atoms with van der Waals surface area (Å²) in [5.41, 5.74) is 5.53. The predicted molar refractivity (Wildman–Crippen MR) is 93.9 cm³/mol. The zero-order chi connectivity index (χ0) is 18.9. The van der Waals surface area contributed by atoms with Crippen molar-refractivity contribution in [2.45, 2.75) is 0 Å². The van der Waals surface area contributed by atoms with Crippen molar-refractivity contribution in [3.05, 3.63) is 76.9 Å². The van der Waals surface area contributed by atoms with E-state index >= 15 is 0 Å². The van der Waals surface area contributed by atoms with Crippen LogP contribution in [0.5, 0.6) is 0 Å². The molecule has 0 aliphatic rings. The Morgan fingerprint density at radius 1 is 0.962 bits per heavy atom. The van der Waals surface area contributed by atoms with Gasteiger partial charge < -0.3 is 5.11 Å². The first-order valence-corrected chi connectivity index (χ1v) is 7.38. The van der Waals surface area contributed by atoms with Crippen LogP contribution in [-0.4, -0.2) is 34.3 Å². The first-order valence-electron chi connectivity index (χ1n) is 7.38. The van der Waals surface area contributed by atoms with Gasteiger partial charge >= 0.3 is 5.97 Å². The number of nitrogens with zero attached hydrogens (tertiary/aromatic N) is 1. The minimum absolute atomic E-state index is 0.158. The molecule has 0 atom stereocenters. The van der Waals surface area contributed by atoms with Gasteiger partial charge in [0, 0.05) is 11.6 Å². The largest absolute Gasteiger partial charge is 0.478 e. The third-order valence-corrected chi connectivity index (χ3v) is 3.22. The summed E-state index contributed by atoms with van der Waals surface area (Å²) in [6.07, 6.45) is 3.95. The van der Waals surface area contributed by atoms with Crippen molar-refractivity contribution in [2.24, 2.45) is 5.10 Å². The second-order valence-corrected chi connectivity index (χ2v) is 5.06. The van der Waals surface area contributed by atoms with E-state index in [1.807, 2.05) is 0 Å². The van der Waals surface area contributed by atoms with Crippen LogP contribution in [0, 0.1) is 0 Å². The van der Waals surface area contributed by atoms with Gasteiger partial charge in [-0.3, -0.25) is 14.8 Å². The van der Waals surface area contributed by atoms with Crippen LogP contribution in [0.25, 0.3) is 6.08 Å². The SMILES string of the molecule is O=C(/C=C/c1cccc(C(=O)N/N=C/c2ccc(C(=O)O)cc2)c1)NO. The third kappa shape index (κ3) is 5.39. The fraction of sp³-hybridized carbons (Fsp3) is 0. The highest BCUT2D eigenvalue weighted by Gasteiger charge is 2.04. The fourth-order valence-corrected chi connectivity index (χ4v) is 1.93. The molecule has 0 fully saturated rings. The molecule has 0 unspecified atom stereocenters. The number of nitrogens with one attached hydrogen (secondary N) is 2. The van der Waals surface area contributed by atoms with Gasteiger partial charge in [0.05, 0.1) is 11.8 Å². The lowest BCUT2D eigenvalue weighted by Gasteiger charge is -2.01. The molecule has 0 aromatic heterocycles. The number of hydrogen-bond donors (Lipinski definition) is 4. The summed E-state index contributed by atoms with van der Waals surface area (Å²) in [5.74, 6) is -2.16. The smallest absolute Gasteiger partial charge is 0.335 e. The van der Waals surface area contributed by atoms with E-state index in [9.17, 15) is 14.4 Å². The Kier molecular flexibility index (Phi) is 6.35. The number of benzene rings is 2. The average Bonchev–Trinajstić information content (AvgIpc) is 2.66. The lowest BCUT2D eigenvalue weighted by molar-refractivity contribution is -0.124. The number of carbonyl (C=O) groups excluding carboxylic acids is 2. The molecule has 0 spiro atoms. The molecule has 0 bridgehead atoms. The molecule has 2 aromatic carbocycles. The van der Waals surface area contributed by atoms with Crippen LogP contribution in [0.3, 0.4) is 0 Å². The van der Waals surface area contributed by atoms with Crippen molar-refractivity contribution in [3.8, 4) is 0 Å². The zero-order valence-electron chi connectivity index (χ0n) is 13.4. The van der Waals surface area contributed by atoms with Crippen LogP contribution in [0.1, 0.15) is 31.8 Å². The molecular weight excluding hydrogens is 338 g/mol. The number of carbonyl (C=O) groups is 3. The van der Waals surface area contributed by atoms with E-state index in [0.29, 0.717) is 16.7 Å². The van der Waals surface area contributed by atoms with Gasteiger partial charge in [0.2, 0.25) is 0 Å². The van der Waals surface area contributed by atoms with E-state index in [2.05, 4.69) is 10.5 Å². The maximum absolute atomic E-state index is 12.1. The molecule has 0 saturated carbocycles. The number of hydroxylamine groups is 1. The topological polar surface area (TPSA) is 128 Å². The summed E-state index contributed by atoms with van der Waals surface area (Å²) >= 11 is 0. The van der Waals surface area contributed by atoms with Crippen molar-refractivity contribution < 1.29 is 24.7 Å². The molecule has 0 aliphatic heterocycles. The maximum atomic E-state index is 12.1. The van der Waals surface area contributed by atoms with Crippen LogP contribution in [-0.2, 0) is 4.79 Å². The summed E-state index contributed by atoms with van der Waals surface area (Å²) in [6, 6.07) is 12.5. The van der Waals surface area contributed by atoms with Gasteiger partial charge in [0.15, 0.2) is 0 Å². The minimum Gasteiger partial charge on any atom is -0.478 e. The molecular formula is C18H15N3O5. The third-order valence-electron chi connectivity index (χ3n) is 3.22. The Bertz CT molecular complexity index is 873. The zero-order valence-corrected chi connectivity index (χ0v) is 13.4. The van der Waals surface area contributed by atoms with Crippen molar-refractivity contribution in [3.63, 3.8) is 0 Å². The van der Waals surface area contributed by atoms with Crippen LogP contribution < -0.4 is 10.9 Å². The maximum Gasteiger partial charge on any atom is 0.335 e. The first-order chi connectivity index (χ1) is 12.5. The van der Waals surface area contributed by atoms with Crippen molar-refractivity contribution in [1.82, 2.24) is 10.9 Å². The molecule has 2 amide bonds. The predicted octanol–water partition coefficient (Wildman–Crippen LogP) is 1.67. The molecule has 0 saturated heterocycles. The number of rotatable bonds is 6. The van der Waals surface area contributed by atoms with Gasteiger partial charge in [-0.2, -0.15) is 5.10 Å². The lowest BCUT2D eigenvalue weighted by atomic mass is 10.1. The number of amides is 2. The number of carboxylic acids is 1. The molecule has 2 aromatic rings. The Labute approximate surface area is 148 Å². The molecule has 0 heterocycles. The Hall–Kier alpha value is -3.78. The number of aromatic carboxylic acids is 1. The minimum atomic E-state index is -1.02. The van der Waals surface area contributed by atoms with Crippen molar-refractivity contribution >= 4 is 30.1 Å². The van der Waals surface area contributed by atoms with E-state index in [1.165, 1.54) is 29.9 Å². The van der Waals surface area contributed by atoms with Crippen LogP contribution in [0.2, 0.25) is 0 Å². The summed E-state index contributed by atoms with van der Waals surface area (Å²) in [5, 5.41) is 21.1. The average molecular weight is 353 g/mol. The summed E-state index contributed by atoms with van der Waals surface area (Å²) in [6.45, 7) is 0. The van der Waals surface area contributed by atoms with Gasteiger partial charge in [-0.1, -0.05) is 24.3 Å². The van der Waals surface area contributed by atoms with E-state index in [-0.39, 0.29) is 5.56 Å². The highest BCUT2D eigenvalue weighted by molar-refractivity contribution is 5.96. The Morgan fingerprint density at radius 3 is 2.35 bits per heavy atom. The Balaban J connectivity index is 2.00. The monoisotopic (exact) mass is 353 g/mol. The molecule has 132 valence electrons. The van der Waals surface area contributed by atoms with Crippen molar-refractivity contribution in [1.29, 1.82) is 0 Å². The summed E-state index contributed by atoms with van der Waals surface area (Å²) in [7, 11) is 0. The van der Waals surface area contributed by atoms with Crippen LogP contribution >= 0.6 is 0 Å².